The lowest BCUT2D eigenvalue weighted by Crippen LogP contribution is -2.26. The zero-order valence-corrected chi connectivity index (χ0v) is 14.6. The fourth-order valence-corrected chi connectivity index (χ4v) is 3.96. The Morgan fingerprint density at radius 1 is 1.19 bits per heavy atom. The van der Waals surface area contributed by atoms with Crippen LogP contribution in [0.2, 0.25) is 0 Å². The summed E-state index contributed by atoms with van der Waals surface area (Å²) in [5.74, 6) is 1.09. The number of hydrogen-bond donors (Lipinski definition) is 2. The summed E-state index contributed by atoms with van der Waals surface area (Å²) < 4.78 is 35.4. The van der Waals surface area contributed by atoms with Gasteiger partial charge in [0.2, 0.25) is 0 Å². The zero-order valence-electron chi connectivity index (χ0n) is 12.9. The highest BCUT2D eigenvalue weighted by Gasteiger charge is 2.21. The van der Waals surface area contributed by atoms with Crippen molar-refractivity contribution in [2.45, 2.75) is 58.0 Å². The van der Waals surface area contributed by atoms with Gasteiger partial charge in [0.25, 0.3) is 0 Å². The largest absolute Gasteiger partial charge is 0.378 e. The summed E-state index contributed by atoms with van der Waals surface area (Å²) in [5.41, 5.74) is 0. The van der Waals surface area contributed by atoms with Gasteiger partial charge in [-0.15, -0.1) is 0 Å². The Labute approximate surface area is 132 Å². The Kier molecular flexibility index (Phi) is 9.92. The number of ether oxygens (including phenoxy) is 1. The summed E-state index contributed by atoms with van der Waals surface area (Å²) in [7, 11) is -3.32. The van der Waals surface area contributed by atoms with Gasteiger partial charge >= 0.3 is 9.15 Å². The highest BCUT2D eigenvalue weighted by Crippen LogP contribution is 2.26. The molecule has 7 heteroatoms. The highest BCUT2D eigenvalue weighted by atomic mass is 33.1. The SMILES string of the molecule is CC1CCCCC1OCCCCCNCCSS(=O)(=O)O. The standard InChI is InChI=1S/C14H29NO4S2/c1-13-7-3-4-8-14(13)19-11-6-2-5-9-15-10-12-20-21(16,17)18/h13-15H,2-12H2,1H3,(H,16,17,18). The van der Waals surface area contributed by atoms with Gasteiger partial charge in [0.05, 0.1) is 6.10 Å². The third-order valence-electron chi connectivity index (χ3n) is 3.87. The molecule has 1 fully saturated rings. The molecule has 1 aliphatic carbocycles. The predicted molar refractivity (Wildman–Crippen MR) is 88.1 cm³/mol. The lowest BCUT2D eigenvalue weighted by atomic mass is 9.88. The lowest BCUT2D eigenvalue weighted by molar-refractivity contribution is -0.00651. The molecule has 0 radical (unpaired) electrons. The van der Waals surface area contributed by atoms with Crippen LogP contribution in [-0.2, 0) is 13.9 Å². The molecule has 1 aliphatic rings. The predicted octanol–water partition coefficient (Wildman–Crippen LogP) is 2.88. The Morgan fingerprint density at radius 2 is 1.95 bits per heavy atom. The average molecular weight is 340 g/mol. The maximum Gasteiger partial charge on any atom is 0.319 e. The van der Waals surface area contributed by atoms with E-state index in [1.807, 2.05) is 0 Å². The van der Waals surface area contributed by atoms with Crippen molar-refractivity contribution in [2.24, 2.45) is 5.92 Å². The first-order valence-corrected chi connectivity index (χ1v) is 10.9. The first-order chi connectivity index (χ1) is 9.99. The third-order valence-corrected chi connectivity index (χ3v) is 5.94. The first-order valence-electron chi connectivity index (χ1n) is 7.93. The van der Waals surface area contributed by atoms with E-state index in [9.17, 15) is 8.42 Å². The monoisotopic (exact) mass is 339 g/mol. The Bertz CT molecular complexity index is 362. The molecular formula is C14H29NO4S2. The van der Waals surface area contributed by atoms with E-state index in [1.54, 1.807) is 0 Å². The molecule has 0 amide bonds. The van der Waals surface area contributed by atoms with Gasteiger partial charge in [-0.3, -0.25) is 4.55 Å². The van der Waals surface area contributed by atoms with Crippen molar-refractivity contribution >= 4 is 19.9 Å². The van der Waals surface area contributed by atoms with E-state index in [0.29, 0.717) is 35.1 Å². The van der Waals surface area contributed by atoms with Crippen molar-refractivity contribution in [1.82, 2.24) is 5.32 Å². The number of nitrogens with one attached hydrogen (secondary N) is 1. The topological polar surface area (TPSA) is 75.6 Å². The molecule has 0 aromatic carbocycles. The van der Waals surface area contributed by atoms with Gasteiger partial charge in [-0.25, -0.2) is 0 Å². The molecule has 5 nitrogen and oxygen atoms in total. The van der Waals surface area contributed by atoms with Crippen LogP contribution in [0.15, 0.2) is 0 Å². The van der Waals surface area contributed by atoms with E-state index < -0.39 is 9.15 Å². The van der Waals surface area contributed by atoms with Crippen LogP contribution in [0, 0.1) is 5.92 Å². The van der Waals surface area contributed by atoms with Crippen LogP contribution >= 0.6 is 10.8 Å². The van der Waals surface area contributed by atoms with Gasteiger partial charge in [-0.05, 0) is 55.4 Å². The second-order valence-corrected chi connectivity index (χ2v) is 9.20. The molecule has 1 rings (SSSR count). The quantitative estimate of drug-likeness (QED) is 0.342. The molecule has 0 spiro atoms. The van der Waals surface area contributed by atoms with Crippen LogP contribution in [0.1, 0.15) is 51.9 Å². The Morgan fingerprint density at radius 3 is 2.67 bits per heavy atom. The van der Waals surface area contributed by atoms with Crippen molar-refractivity contribution in [1.29, 1.82) is 0 Å². The van der Waals surface area contributed by atoms with Crippen molar-refractivity contribution in [3.05, 3.63) is 0 Å². The molecule has 126 valence electrons. The van der Waals surface area contributed by atoms with Crippen LogP contribution in [-0.4, -0.2) is 44.5 Å². The molecule has 0 aliphatic heterocycles. The molecule has 1 saturated carbocycles. The van der Waals surface area contributed by atoms with E-state index >= 15 is 0 Å². The molecule has 2 N–H and O–H groups in total. The smallest absolute Gasteiger partial charge is 0.319 e. The molecule has 2 atom stereocenters. The Balaban J connectivity index is 1.84. The van der Waals surface area contributed by atoms with E-state index in [-0.39, 0.29) is 0 Å². The molecular weight excluding hydrogens is 310 g/mol. The van der Waals surface area contributed by atoms with Gasteiger partial charge in [-0.1, -0.05) is 19.8 Å². The average Bonchev–Trinajstić information content (AvgIpc) is 2.41. The second kappa shape index (κ2) is 10.8. The third kappa shape index (κ3) is 10.5. The van der Waals surface area contributed by atoms with Crippen LogP contribution in [0.25, 0.3) is 0 Å². The molecule has 21 heavy (non-hydrogen) atoms. The molecule has 0 aromatic heterocycles. The maximum absolute atomic E-state index is 10.5. The Hall–Kier alpha value is 0.180. The van der Waals surface area contributed by atoms with Crippen LogP contribution in [0.5, 0.6) is 0 Å². The normalized spacial score (nSPS) is 23.3. The second-order valence-electron chi connectivity index (χ2n) is 5.73. The lowest BCUT2D eigenvalue weighted by Gasteiger charge is -2.28. The number of rotatable bonds is 11. The molecule has 0 heterocycles. The van der Waals surface area contributed by atoms with Gasteiger partial charge in [0, 0.05) is 18.9 Å². The van der Waals surface area contributed by atoms with Gasteiger partial charge in [-0.2, -0.15) is 8.42 Å². The molecule has 0 saturated heterocycles. The first kappa shape index (κ1) is 19.2. The van der Waals surface area contributed by atoms with Crippen LogP contribution in [0.4, 0.5) is 0 Å². The van der Waals surface area contributed by atoms with Crippen molar-refractivity contribution < 1.29 is 17.7 Å². The van der Waals surface area contributed by atoms with E-state index in [0.717, 1.165) is 32.4 Å². The number of unbranched alkanes of at least 4 members (excludes halogenated alkanes) is 2. The minimum absolute atomic E-state index is 0.377. The number of hydrogen-bond acceptors (Lipinski definition) is 5. The van der Waals surface area contributed by atoms with Crippen LogP contribution in [0.3, 0.4) is 0 Å². The minimum atomic E-state index is -3.88. The summed E-state index contributed by atoms with van der Waals surface area (Å²) in [6.45, 7) is 4.62. The summed E-state index contributed by atoms with van der Waals surface area (Å²) in [4.78, 5) is 0. The van der Waals surface area contributed by atoms with Crippen molar-refractivity contribution in [3.63, 3.8) is 0 Å². The summed E-state index contributed by atoms with van der Waals surface area (Å²) in [6.07, 6.45) is 8.92. The zero-order chi connectivity index (χ0) is 15.6. The van der Waals surface area contributed by atoms with Gasteiger partial charge < -0.3 is 10.1 Å². The van der Waals surface area contributed by atoms with Crippen molar-refractivity contribution in [3.8, 4) is 0 Å². The summed E-state index contributed by atoms with van der Waals surface area (Å²) in [5, 5.41) is 3.17. The minimum Gasteiger partial charge on any atom is -0.378 e. The fraction of sp³-hybridized carbons (Fsp3) is 1.00. The van der Waals surface area contributed by atoms with E-state index in [1.165, 1.54) is 25.7 Å². The highest BCUT2D eigenvalue weighted by molar-refractivity contribution is 8.69. The van der Waals surface area contributed by atoms with Crippen molar-refractivity contribution in [2.75, 3.05) is 25.4 Å². The van der Waals surface area contributed by atoms with Gasteiger partial charge in [0.1, 0.15) is 0 Å². The molecule has 0 bridgehead atoms. The summed E-state index contributed by atoms with van der Waals surface area (Å²) >= 11 is 0. The molecule has 2 unspecified atom stereocenters. The van der Waals surface area contributed by atoms with Crippen LogP contribution < -0.4 is 5.32 Å². The fourth-order valence-electron chi connectivity index (χ4n) is 2.64. The van der Waals surface area contributed by atoms with E-state index in [2.05, 4.69) is 12.2 Å². The maximum atomic E-state index is 10.5. The molecule has 0 aromatic rings. The summed E-state index contributed by atoms with van der Waals surface area (Å²) in [6, 6.07) is 0. The van der Waals surface area contributed by atoms with Gasteiger partial charge in [0.15, 0.2) is 0 Å². The van der Waals surface area contributed by atoms with E-state index in [4.69, 9.17) is 9.29 Å².